The molecule has 2 atom stereocenters. The average molecular weight is 306 g/mol. The van der Waals surface area contributed by atoms with Gasteiger partial charge in [-0.15, -0.1) is 0 Å². The van der Waals surface area contributed by atoms with Crippen LogP contribution in [0.3, 0.4) is 0 Å². The van der Waals surface area contributed by atoms with Crippen molar-refractivity contribution < 1.29 is 19.4 Å². The van der Waals surface area contributed by atoms with E-state index in [1.54, 1.807) is 4.90 Å². The minimum atomic E-state index is -0.603. The summed E-state index contributed by atoms with van der Waals surface area (Å²) < 4.78 is 4.72. The minimum Gasteiger partial charge on any atom is -0.468 e. The molecule has 0 unspecified atom stereocenters. The zero-order chi connectivity index (χ0) is 16.1. The standard InChI is InChI=1S/C16H22N2O4/c1-11-5-3-4-6-12(11)8-17-15(20)10-18-9-13(19)7-14(18)16(21)22-2/h3-6,13-14,19H,7-10H2,1-2H3,(H,17,20)/t13-,14+/m0/s1. The number of ether oxygens (including phenoxy) is 1. The maximum atomic E-state index is 12.1. The molecule has 0 aromatic heterocycles. The molecule has 2 rings (SSSR count). The van der Waals surface area contributed by atoms with Gasteiger partial charge in [0, 0.05) is 19.5 Å². The van der Waals surface area contributed by atoms with Gasteiger partial charge in [0.2, 0.25) is 5.91 Å². The number of aliphatic hydroxyl groups excluding tert-OH is 1. The summed E-state index contributed by atoms with van der Waals surface area (Å²) in [6.07, 6.45) is -0.300. The second kappa shape index (κ2) is 7.38. The second-order valence-corrected chi connectivity index (χ2v) is 5.56. The van der Waals surface area contributed by atoms with Crippen molar-refractivity contribution in [2.45, 2.75) is 32.0 Å². The molecule has 1 amide bonds. The van der Waals surface area contributed by atoms with E-state index in [9.17, 15) is 14.7 Å². The molecule has 1 aromatic carbocycles. The summed E-state index contributed by atoms with van der Waals surface area (Å²) in [6, 6.07) is 7.29. The van der Waals surface area contributed by atoms with Crippen molar-refractivity contribution in [1.29, 1.82) is 0 Å². The zero-order valence-electron chi connectivity index (χ0n) is 12.9. The molecular weight excluding hydrogens is 284 g/mol. The molecular formula is C16H22N2O4. The van der Waals surface area contributed by atoms with Crippen molar-refractivity contribution >= 4 is 11.9 Å². The van der Waals surface area contributed by atoms with Gasteiger partial charge in [0.15, 0.2) is 0 Å². The Balaban J connectivity index is 1.88. The van der Waals surface area contributed by atoms with Gasteiger partial charge < -0.3 is 15.2 Å². The van der Waals surface area contributed by atoms with Gasteiger partial charge in [-0.05, 0) is 18.1 Å². The lowest BCUT2D eigenvalue weighted by molar-refractivity contribution is -0.146. The summed E-state index contributed by atoms with van der Waals surface area (Å²) in [6.45, 7) is 2.82. The average Bonchev–Trinajstić information content (AvgIpc) is 2.86. The third-order valence-corrected chi connectivity index (χ3v) is 3.94. The number of rotatable bonds is 5. The molecule has 1 aliphatic heterocycles. The van der Waals surface area contributed by atoms with Gasteiger partial charge in [-0.25, -0.2) is 0 Å². The summed E-state index contributed by atoms with van der Waals surface area (Å²) in [5, 5.41) is 12.5. The number of nitrogens with one attached hydrogen (secondary N) is 1. The highest BCUT2D eigenvalue weighted by atomic mass is 16.5. The Bertz CT molecular complexity index is 547. The van der Waals surface area contributed by atoms with E-state index in [-0.39, 0.29) is 12.5 Å². The lowest BCUT2D eigenvalue weighted by Gasteiger charge is -2.21. The van der Waals surface area contributed by atoms with Gasteiger partial charge in [0.05, 0.1) is 19.8 Å². The smallest absolute Gasteiger partial charge is 0.323 e. The molecule has 6 heteroatoms. The monoisotopic (exact) mass is 306 g/mol. The number of carbonyl (C=O) groups is 2. The van der Waals surface area contributed by atoms with Crippen LogP contribution in [0, 0.1) is 6.92 Å². The normalized spacial score (nSPS) is 21.6. The number of carbonyl (C=O) groups excluding carboxylic acids is 2. The number of aryl methyl sites for hydroxylation is 1. The highest BCUT2D eigenvalue weighted by Gasteiger charge is 2.37. The number of benzene rings is 1. The number of β-amino-alcohol motifs (C(OH)–C–C–N with tert-alkyl or cyclic N) is 1. The third-order valence-electron chi connectivity index (χ3n) is 3.94. The number of hydrogen-bond donors (Lipinski definition) is 2. The molecule has 1 saturated heterocycles. The van der Waals surface area contributed by atoms with E-state index in [1.807, 2.05) is 31.2 Å². The summed E-state index contributed by atoms with van der Waals surface area (Å²) in [7, 11) is 1.31. The Morgan fingerprint density at radius 2 is 2.14 bits per heavy atom. The summed E-state index contributed by atoms with van der Waals surface area (Å²) in [5.41, 5.74) is 2.17. The first kappa shape index (κ1) is 16.5. The molecule has 6 nitrogen and oxygen atoms in total. The fourth-order valence-corrected chi connectivity index (χ4v) is 2.68. The van der Waals surface area contributed by atoms with Gasteiger partial charge in [-0.2, -0.15) is 0 Å². The lowest BCUT2D eigenvalue weighted by Crippen LogP contribution is -2.43. The molecule has 2 N–H and O–H groups in total. The van der Waals surface area contributed by atoms with E-state index in [0.717, 1.165) is 11.1 Å². The predicted molar refractivity (Wildman–Crippen MR) is 81.0 cm³/mol. The summed E-state index contributed by atoms with van der Waals surface area (Å²) >= 11 is 0. The topological polar surface area (TPSA) is 78.9 Å². The van der Waals surface area contributed by atoms with Crippen LogP contribution in [0.5, 0.6) is 0 Å². The maximum Gasteiger partial charge on any atom is 0.323 e. The van der Waals surface area contributed by atoms with Gasteiger partial charge >= 0.3 is 5.97 Å². The van der Waals surface area contributed by atoms with Crippen molar-refractivity contribution in [2.24, 2.45) is 0 Å². The predicted octanol–water partition coefficient (Wildman–Crippen LogP) is 0.219. The van der Waals surface area contributed by atoms with Crippen LogP contribution < -0.4 is 5.32 Å². The number of esters is 1. The van der Waals surface area contributed by atoms with Crippen molar-refractivity contribution in [1.82, 2.24) is 10.2 Å². The number of amides is 1. The molecule has 0 spiro atoms. The van der Waals surface area contributed by atoms with Gasteiger partial charge in [0.1, 0.15) is 6.04 Å². The highest BCUT2D eigenvalue weighted by molar-refractivity contribution is 5.80. The van der Waals surface area contributed by atoms with Crippen molar-refractivity contribution in [3.63, 3.8) is 0 Å². The van der Waals surface area contributed by atoms with Gasteiger partial charge in [-0.3, -0.25) is 14.5 Å². The lowest BCUT2D eigenvalue weighted by atomic mass is 10.1. The molecule has 0 radical (unpaired) electrons. The van der Waals surface area contributed by atoms with Gasteiger partial charge in [0.25, 0.3) is 0 Å². The van der Waals surface area contributed by atoms with Crippen molar-refractivity contribution in [3.05, 3.63) is 35.4 Å². The minimum absolute atomic E-state index is 0.0721. The zero-order valence-corrected chi connectivity index (χ0v) is 12.9. The molecule has 1 aliphatic rings. The van der Waals surface area contributed by atoms with Gasteiger partial charge in [-0.1, -0.05) is 24.3 Å². The summed E-state index contributed by atoms with van der Waals surface area (Å²) in [4.78, 5) is 25.4. The van der Waals surface area contributed by atoms with Crippen LogP contribution in [0.15, 0.2) is 24.3 Å². The van der Waals surface area contributed by atoms with E-state index in [0.29, 0.717) is 19.5 Å². The van der Waals surface area contributed by atoms with Crippen LogP contribution in [0.1, 0.15) is 17.5 Å². The highest BCUT2D eigenvalue weighted by Crippen LogP contribution is 2.18. The van der Waals surface area contributed by atoms with E-state index >= 15 is 0 Å². The largest absolute Gasteiger partial charge is 0.468 e. The maximum absolute atomic E-state index is 12.1. The number of aliphatic hydroxyl groups is 1. The Labute approximate surface area is 130 Å². The van der Waals surface area contributed by atoms with Crippen LogP contribution in [0.25, 0.3) is 0 Å². The second-order valence-electron chi connectivity index (χ2n) is 5.56. The molecule has 1 aromatic rings. The number of methoxy groups -OCH3 is 1. The number of nitrogens with zero attached hydrogens (tertiary/aromatic N) is 1. The molecule has 1 fully saturated rings. The van der Waals surface area contributed by atoms with Crippen molar-refractivity contribution in [2.75, 3.05) is 20.2 Å². The summed E-state index contributed by atoms with van der Waals surface area (Å²) in [5.74, 6) is -0.588. The Kier molecular flexibility index (Phi) is 5.51. The number of likely N-dealkylation sites (tertiary alicyclic amines) is 1. The third kappa shape index (κ3) is 4.05. The molecule has 0 aliphatic carbocycles. The fourth-order valence-electron chi connectivity index (χ4n) is 2.68. The van der Waals surface area contributed by atoms with Crippen LogP contribution >= 0.6 is 0 Å². The van der Waals surface area contributed by atoms with Crippen molar-refractivity contribution in [3.8, 4) is 0 Å². The molecule has 1 heterocycles. The quantitative estimate of drug-likeness (QED) is 0.761. The molecule has 120 valence electrons. The molecule has 0 bridgehead atoms. The van der Waals surface area contributed by atoms with Crippen LogP contribution in [-0.2, 0) is 20.9 Å². The Morgan fingerprint density at radius 1 is 1.41 bits per heavy atom. The van der Waals surface area contributed by atoms with E-state index < -0.39 is 18.1 Å². The van der Waals surface area contributed by atoms with E-state index in [1.165, 1.54) is 7.11 Å². The number of hydrogen-bond acceptors (Lipinski definition) is 5. The molecule has 22 heavy (non-hydrogen) atoms. The first-order chi connectivity index (χ1) is 10.5. The van der Waals surface area contributed by atoms with E-state index in [2.05, 4.69) is 5.32 Å². The first-order valence-corrected chi connectivity index (χ1v) is 7.32. The van der Waals surface area contributed by atoms with Crippen LogP contribution in [0.2, 0.25) is 0 Å². The van der Waals surface area contributed by atoms with E-state index in [4.69, 9.17) is 4.74 Å². The fraction of sp³-hybridized carbons (Fsp3) is 0.500. The Hall–Kier alpha value is -1.92. The van der Waals surface area contributed by atoms with Crippen LogP contribution in [-0.4, -0.2) is 54.2 Å². The first-order valence-electron chi connectivity index (χ1n) is 7.32. The van der Waals surface area contributed by atoms with Crippen LogP contribution in [0.4, 0.5) is 0 Å². The Morgan fingerprint density at radius 3 is 2.82 bits per heavy atom. The molecule has 0 saturated carbocycles. The SMILES string of the molecule is COC(=O)[C@H]1C[C@H](O)CN1CC(=O)NCc1ccccc1C.